The Labute approximate surface area is 107 Å². The van der Waals surface area contributed by atoms with E-state index in [1.165, 1.54) is 0 Å². The molecule has 98 valence electrons. The molecule has 2 rings (SSSR count). The number of anilines is 2. The van der Waals surface area contributed by atoms with Crippen molar-refractivity contribution >= 4 is 17.4 Å². The van der Waals surface area contributed by atoms with E-state index < -0.39 is 5.54 Å². The van der Waals surface area contributed by atoms with E-state index in [1.54, 1.807) is 12.3 Å². The number of carbonyl (C=O) groups is 1. The van der Waals surface area contributed by atoms with Crippen LogP contribution in [0, 0.1) is 0 Å². The first kappa shape index (κ1) is 12.8. The van der Waals surface area contributed by atoms with Gasteiger partial charge in [0.2, 0.25) is 5.91 Å². The molecule has 5 nitrogen and oxygen atoms in total. The molecule has 1 aliphatic rings. The van der Waals surface area contributed by atoms with Crippen molar-refractivity contribution in [3.63, 3.8) is 0 Å². The van der Waals surface area contributed by atoms with Gasteiger partial charge in [-0.1, -0.05) is 12.8 Å². The molecule has 1 heterocycles. The van der Waals surface area contributed by atoms with Crippen molar-refractivity contribution in [2.45, 2.75) is 31.2 Å². The molecule has 3 N–H and O–H groups in total. The Morgan fingerprint density at radius 3 is 2.56 bits per heavy atom. The smallest absolute Gasteiger partial charge is 0.245 e. The highest BCUT2D eigenvalue weighted by Crippen LogP contribution is 2.28. The molecule has 1 aliphatic carbocycles. The van der Waals surface area contributed by atoms with Gasteiger partial charge in [-0.2, -0.15) is 0 Å². The normalized spacial score (nSPS) is 17.5. The SMILES string of the molecule is CN(C)c1ccc(NC(=O)C2(N)CCCC2)nc1. The number of aromatic nitrogens is 1. The summed E-state index contributed by atoms with van der Waals surface area (Å²) in [5.41, 5.74) is 6.37. The molecule has 1 fully saturated rings. The summed E-state index contributed by atoms with van der Waals surface area (Å²) in [6, 6.07) is 3.71. The van der Waals surface area contributed by atoms with Crippen LogP contribution in [0.4, 0.5) is 11.5 Å². The lowest BCUT2D eigenvalue weighted by Gasteiger charge is -2.22. The van der Waals surface area contributed by atoms with Gasteiger partial charge in [0, 0.05) is 14.1 Å². The molecular weight excluding hydrogens is 228 g/mol. The summed E-state index contributed by atoms with van der Waals surface area (Å²) < 4.78 is 0. The third-order valence-electron chi connectivity index (χ3n) is 3.45. The molecule has 1 amide bonds. The molecule has 18 heavy (non-hydrogen) atoms. The van der Waals surface area contributed by atoms with E-state index in [0.717, 1.165) is 31.4 Å². The Morgan fingerprint density at radius 2 is 2.06 bits per heavy atom. The van der Waals surface area contributed by atoms with Gasteiger partial charge in [0.25, 0.3) is 0 Å². The van der Waals surface area contributed by atoms with Crippen molar-refractivity contribution in [1.29, 1.82) is 0 Å². The average molecular weight is 248 g/mol. The monoisotopic (exact) mass is 248 g/mol. The number of hydrogen-bond donors (Lipinski definition) is 2. The second-order valence-corrected chi connectivity index (χ2v) is 5.11. The molecule has 0 atom stereocenters. The number of carbonyl (C=O) groups excluding carboxylic acids is 1. The van der Waals surface area contributed by atoms with Crippen LogP contribution in [-0.2, 0) is 4.79 Å². The van der Waals surface area contributed by atoms with E-state index in [0.29, 0.717) is 5.82 Å². The fourth-order valence-electron chi connectivity index (χ4n) is 2.20. The zero-order valence-corrected chi connectivity index (χ0v) is 10.9. The number of amides is 1. The average Bonchev–Trinajstić information content (AvgIpc) is 2.78. The van der Waals surface area contributed by atoms with E-state index in [2.05, 4.69) is 10.3 Å². The lowest BCUT2D eigenvalue weighted by Crippen LogP contribution is -2.48. The Balaban J connectivity index is 2.03. The molecule has 0 spiro atoms. The third kappa shape index (κ3) is 2.61. The molecule has 0 aromatic carbocycles. The van der Waals surface area contributed by atoms with Crippen molar-refractivity contribution in [3.05, 3.63) is 18.3 Å². The van der Waals surface area contributed by atoms with Crippen molar-refractivity contribution in [2.24, 2.45) is 5.73 Å². The summed E-state index contributed by atoms with van der Waals surface area (Å²) in [6.07, 6.45) is 5.30. The number of pyridine rings is 1. The first-order chi connectivity index (χ1) is 8.51. The minimum atomic E-state index is -0.706. The molecular formula is C13H20N4O. The van der Waals surface area contributed by atoms with Crippen LogP contribution in [-0.4, -0.2) is 30.5 Å². The second-order valence-electron chi connectivity index (χ2n) is 5.11. The fourth-order valence-corrected chi connectivity index (χ4v) is 2.20. The van der Waals surface area contributed by atoms with Gasteiger partial charge in [0.1, 0.15) is 5.82 Å². The summed E-state index contributed by atoms with van der Waals surface area (Å²) in [5.74, 6) is 0.437. The largest absolute Gasteiger partial charge is 0.376 e. The molecule has 1 saturated carbocycles. The Bertz CT molecular complexity index is 421. The number of hydrogen-bond acceptors (Lipinski definition) is 4. The molecule has 0 bridgehead atoms. The summed E-state index contributed by atoms with van der Waals surface area (Å²) in [6.45, 7) is 0. The van der Waals surface area contributed by atoms with Crippen LogP contribution in [0.25, 0.3) is 0 Å². The Morgan fingerprint density at radius 1 is 1.39 bits per heavy atom. The standard InChI is InChI=1S/C13H20N4O/c1-17(2)10-5-6-11(15-9-10)16-12(18)13(14)7-3-4-8-13/h5-6,9H,3-4,7-8,14H2,1-2H3,(H,15,16,18). The van der Waals surface area contributed by atoms with Crippen LogP contribution >= 0.6 is 0 Å². The molecule has 0 radical (unpaired) electrons. The number of nitrogens with two attached hydrogens (primary N) is 1. The number of rotatable bonds is 3. The van der Waals surface area contributed by atoms with Crippen LogP contribution in [0.5, 0.6) is 0 Å². The van der Waals surface area contributed by atoms with E-state index in [9.17, 15) is 4.79 Å². The third-order valence-corrected chi connectivity index (χ3v) is 3.45. The number of nitrogens with one attached hydrogen (secondary N) is 1. The maximum atomic E-state index is 12.1. The fraction of sp³-hybridized carbons (Fsp3) is 0.538. The van der Waals surface area contributed by atoms with E-state index in [-0.39, 0.29) is 5.91 Å². The van der Waals surface area contributed by atoms with Crippen LogP contribution in [0.15, 0.2) is 18.3 Å². The van der Waals surface area contributed by atoms with Gasteiger partial charge in [-0.15, -0.1) is 0 Å². The maximum Gasteiger partial charge on any atom is 0.245 e. The second kappa shape index (κ2) is 4.94. The summed E-state index contributed by atoms with van der Waals surface area (Å²) >= 11 is 0. The van der Waals surface area contributed by atoms with E-state index >= 15 is 0 Å². The topological polar surface area (TPSA) is 71.2 Å². The van der Waals surface area contributed by atoms with Gasteiger partial charge in [0.15, 0.2) is 0 Å². The molecule has 5 heteroatoms. The van der Waals surface area contributed by atoms with Gasteiger partial charge in [0.05, 0.1) is 17.4 Å². The van der Waals surface area contributed by atoms with Crippen LogP contribution < -0.4 is 16.0 Å². The summed E-state index contributed by atoms with van der Waals surface area (Å²) in [5, 5.41) is 2.80. The van der Waals surface area contributed by atoms with Gasteiger partial charge in [-0.25, -0.2) is 4.98 Å². The zero-order valence-electron chi connectivity index (χ0n) is 10.9. The molecule has 0 aliphatic heterocycles. The predicted octanol–water partition coefficient (Wildman–Crippen LogP) is 1.36. The first-order valence-corrected chi connectivity index (χ1v) is 6.25. The molecule has 1 aromatic rings. The summed E-state index contributed by atoms with van der Waals surface area (Å²) in [4.78, 5) is 18.2. The number of nitrogens with zero attached hydrogens (tertiary/aromatic N) is 2. The minimum Gasteiger partial charge on any atom is -0.376 e. The summed E-state index contributed by atoms with van der Waals surface area (Å²) in [7, 11) is 3.89. The van der Waals surface area contributed by atoms with Gasteiger partial charge < -0.3 is 16.0 Å². The highest BCUT2D eigenvalue weighted by atomic mass is 16.2. The van der Waals surface area contributed by atoms with E-state index in [4.69, 9.17) is 5.73 Å². The lowest BCUT2D eigenvalue weighted by molar-refractivity contribution is -0.121. The van der Waals surface area contributed by atoms with Gasteiger partial charge >= 0.3 is 0 Å². The zero-order chi connectivity index (χ0) is 13.2. The van der Waals surface area contributed by atoms with Crippen molar-refractivity contribution in [2.75, 3.05) is 24.3 Å². The van der Waals surface area contributed by atoms with Gasteiger partial charge in [-0.3, -0.25) is 4.79 Å². The molecule has 0 saturated heterocycles. The van der Waals surface area contributed by atoms with Crippen LogP contribution in [0.3, 0.4) is 0 Å². The van der Waals surface area contributed by atoms with Crippen molar-refractivity contribution in [3.8, 4) is 0 Å². The Hall–Kier alpha value is -1.62. The van der Waals surface area contributed by atoms with Gasteiger partial charge in [-0.05, 0) is 25.0 Å². The highest BCUT2D eigenvalue weighted by molar-refractivity contribution is 5.97. The lowest BCUT2D eigenvalue weighted by atomic mass is 9.98. The van der Waals surface area contributed by atoms with Crippen LogP contribution in [0.2, 0.25) is 0 Å². The quantitative estimate of drug-likeness (QED) is 0.847. The van der Waals surface area contributed by atoms with Crippen molar-refractivity contribution in [1.82, 2.24) is 4.98 Å². The maximum absolute atomic E-state index is 12.1. The molecule has 0 unspecified atom stereocenters. The highest BCUT2D eigenvalue weighted by Gasteiger charge is 2.37. The predicted molar refractivity (Wildman–Crippen MR) is 72.6 cm³/mol. The van der Waals surface area contributed by atoms with Crippen molar-refractivity contribution < 1.29 is 4.79 Å². The molecule has 1 aromatic heterocycles. The minimum absolute atomic E-state index is 0.120. The van der Waals surface area contributed by atoms with E-state index in [1.807, 2.05) is 25.1 Å². The van der Waals surface area contributed by atoms with Crippen LogP contribution in [0.1, 0.15) is 25.7 Å². The first-order valence-electron chi connectivity index (χ1n) is 6.25. The Kier molecular flexibility index (Phi) is 3.52.